The van der Waals surface area contributed by atoms with E-state index >= 15 is 0 Å². The zero-order valence-electron chi connectivity index (χ0n) is 18.3. The number of halogens is 3. The van der Waals surface area contributed by atoms with Crippen LogP contribution in [0.1, 0.15) is 45.1 Å². The molecule has 3 rings (SSSR count). The minimum Gasteiger partial charge on any atom is -0.445 e. The van der Waals surface area contributed by atoms with Crippen LogP contribution in [0.15, 0.2) is 30.3 Å². The average molecular weight is 457 g/mol. The van der Waals surface area contributed by atoms with Crippen molar-refractivity contribution in [1.82, 2.24) is 15.1 Å². The first-order valence-corrected chi connectivity index (χ1v) is 10.9. The number of carbonyl (C=O) groups is 2. The van der Waals surface area contributed by atoms with Gasteiger partial charge < -0.3 is 20.1 Å². The van der Waals surface area contributed by atoms with Gasteiger partial charge in [0.15, 0.2) is 0 Å². The number of carbonyl (C=O) groups excluding carboxylic acids is 2. The normalized spacial score (nSPS) is 22.3. The van der Waals surface area contributed by atoms with E-state index in [1.54, 1.807) is 18.7 Å². The molecule has 2 N–H and O–H groups in total. The van der Waals surface area contributed by atoms with E-state index in [2.05, 4.69) is 5.32 Å². The maximum Gasteiger partial charge on any atom is 0.471 e. The Hall–Kier alpha value is -2.33. The molecular weight excluding hydrogens is 427 g/mol. The number of benzene rings is 1. The molecule has 1 aromatic carbocycles. The van der Waals surface area contributed by atoms with Crippen molar-refractivity contribution in [2.75, 3.05) is 13.1 Å². The monoisotopic (exact) mass is 457 g/mol. The summed E-state index contributed by atoms with van der Waals surface area (Å²) in [6, 6.07) is 8.02. The summed E-state index contributed by atoms with van der Waals surface area (Å²) in [4.78, 5) is 26.9. The minimum atomic E-state index is -4.93. The molecule has 178 valence electrons. The number of alkyl carbamates (subject to hydrolysis) is 1. The van der Waals surface area contributed by atoms with Crippen molar-refractivity contribution >= 4 is 12.0 Å². The van der Waals surface area contributed by atoms with Crippen molar-refractivity contribution in [1.29, 1.82) is 0 Å². The van der Waals surface area contributed by atoms with Gasteiger partial charge in [-0.1, -0.05) is 44.2 Å². The number of aliphatic hydroxyl groups is 1. The molecule has 1 saturated heterocycles. The van der Waals surface area contributed by atoms with E-state index in [0.29, 0.717) is 25.7 Å². The Labute approximate surface area is 185 Å². The minimum absolute atomic E-state index is 0.0815. The lowest BCUT2D eigenvalue weighted by Crippen LogP contribution is -2.67. The Morgan fingerprint density at radius 3 is 2.44 bits per heavy atom. The Kier molecular flexibility index (Phi) is 7.34. The van der Waals surface area contributed by atoms with Crippen LogP contribution in [0, 0.1) is 0 Å². The van der Waals surface area contributed by atoms with Gasteiger partial charge in [0.2, 0.25) is 0 Å². The number of nitrogens with one attached hydrogen (secondary N) is 1. The smallest absolute Gasteiger partial charge is 0.445 e. The van der Waals surface area contributed by atoms with Gasteiger partial charge >= 0.3 is 18.2 Å². The summed E-state index contributed by atoms with van der Waals surface area (Å²) >= 11 is 0. The number of aliphatic hydroxyl groups excluding tert-OH is 1. The molecule has 2 aliphatic rings. The van der Waals surface area contributed by atoms with Crippen molar-refractivity contribution in [2.24, 2.45) is 0 Å². The quantitative estimate of drug-likeness (QED) is 0.658. The molecule has 0 bridgehead atoms. The highest BCUT2D eigenvalue weighted by atomic mass is 19.4. The van der Waals surface area contributed by atoms with E-state index in [1.165, 1.54) is 0 Å². The van der Waals surface area contributed by atoms with Crippen LogP contribution in [0.5, 0.6) is 0 Å². The Balaban J connectivity index is 1.65. The van der Waals surface area contributed by atoms with E-state index in [0.717, 1.165) is 10.5 Å². The summed E-state index contributed by atoms with van der Waals surface area (Å²) < 4.78 is 44.5. The number of alkyl halides is 3. The second-order valence-corrected chi connectivity index (χ2v) is 8.51. The first kappa shape index (κ1) is 24.3. The molecule has 1 spiro atoms. The lowest BCUT2D eigenvalue weighted by Gasteiger charge is -2.49. The summed E-state index contributed by atoms with van der Waals surface area (Å²) in [5.74, 6) is -1.82. The fraction of sp³-hybridized carbons (Fsp3) is 0.636. The predicted octanol–water partition coefficient (Wildman–Crippen LogP) is 3.03. The van der Waals surface area contributed by atoms with Crippen LogP contribution in [0.2, 0.25) is 0 Å². The van der Waals surface area contributed by atoms with Crippen molar-refractivity contribution < 1.29 is 32.6 Å². The molecular formula is C22H30F3N3O4. The van der Waals surface area contributed by atoms with Gasteiger partial charge in [0.25, 0.3) is 0 Å². The number of piperazine rings is 1. The Morgan fingerprint density at radius 2 is 1.91 bits per heavy atom. The van der Waals surface area contributed by atoms with E-state index < -0.39 is 42.0 Å². The fourth-order valence-electron chi connectivity index (χ4n) is 4.30. The van der Waals surface area contributed by atoms with Crippen LogP contribution in [0.3, 0.4) is 0 Å². The second kappa shape index (κ2) is 9.66. The molecule has 32 heavy (non-hydrogen) atoms. The van der Waals surface area contributed by atoms with Gasteiger partial charge in [-0.15, -0.1) is 0 Å². The number of hydrogen-bond donors (Lipinski definition) is 2. The van der Waals surface area contributed by atoms with E-state index in [9.17, 15) is 27.9 Å². The molecule has 2 unspecified atom stereocenters. The van der Waals surface area contributed by atoms with Gasteiger partial charge in [0.05, 0.1) is 11.6 Å². The highest BCUT2D eigenvalue weighted by Crippen LogP contribution is 2.47. The van der Waals surface area contributed by atoms with Crippen LogP contribution < -0.4 is 5.32 Å². The maximum absolute atomic E-state index is 13.1. The summed E-state index contributed by atoms with van der Waals surface area (Å²) in [5.41, 5.74) is -0.0887. The summed E-state index contributed by atoms with van der Waals surface area (Å²) in [6.45, 7) is 3.70. The van der Waals surface area contributed by atoms with Crippen LogP contribution in [0.4, 0.5) is 18.0 Å². The SMILES string of the molecule is CCC(NC(=O)OCc1ccccc1)C(O)N1CC2(CC2)N(C(=O)C(F)(F)F)C[C@H]1CC. The highest BCUT2D eigenvalue weighted by molar-refractivity contribution is 5.83. The van der Waals surface area contributed by atoms with Gasteiger partial charge in [-0.25, -0.2) is 4.79 Å². The number of ether oxygens (including phenoxy) is 1. The van der Waals surface area contributed by atoms with E-state index in [1.807, 2.05) is 30.3 Å². The maximum atomic E-state index is 13.1. The fourth-order valence-corrected chi connectivity index (χ4v) is 4.30. The molecule has 7 nitrogen and oxygen atoms in total. The molecule has 2 amide bonds. The second-order valence-electron chi connectivity index (χ2n) is 8.51. The third kappa shape index (κ3) is 5.35. The molecule has 0 radical (unpaired) electrons. The molecule has 1 aliphatic heterocycles. The van der Waals surface area contributed by atoms with Gasteiger partial charge in [-0.3, -0.25) is 9.69 Å². The third-order valence-electron chi connectivity index (χ3n) is 6.35. The van der Waals surface area contributed by atoms with Gasteiger partial charge in [-0.05, 0) is 31.2 Å². The summed E-state index contributed by atoms with van der Waals surface area (Å²) in [5, 5.41) is 13.7. The standard InChI is InChI=1S/C22H30F3N3O4/c1-3-16-12-28(19(30)22(23,24)25)21(10-11-21)14-27(16)18(29)17(4-2)26-20(31)32-13-15-8-6-5-7-9-15/h5-9,16-18,29H,3-4,10-14H2,1-2H3,(H,26,31)/t16-,17?,18?/m1/s1. The van der Waals surface area contributed by atoms with Crippen molar-refractivity contribution in [2.45, 2.75) is 76.2 Å². The summed E-state index contributed by atoms with van der Waals surface area (Å²) in [7, 11) is 0. The zero-order valence-corrected chi connectivity index (χ0v) is 18.3. The Bertz CT molecular complexity index is 801. The predicted molar refractivity (Wildman–Crippen MR) is 110 cm³/mol. The summed E-state index contributed by atoms with van der Waals surface area (Å²) in [6.07, 6.45) is -4.97. The molecule has 2 fully saturated rings. The van der Waals surface area contributed by atoms with Crippen molar-refractivity contribution in [3.05, 3.63) is 35.9 Å². The average Bonchev–Trinajstić information content (AvgIpc) is 3.54. The van der Waals surface area contributed by atoms with Crippen LogP contribution in [-0.2, 0) is 16.1 Å². The number of rotatable bonds is 7. The van der Waals surface area contributed by atoms with Gasteiger partial charge in [0.1, 0.15) is 12.8 Å². The first-order valence-electron chi connectivity index (χ1n) is 10.9. The molecule has 1 heterocycles. The zero-order chi connectivity index (χ0) is 23.5. The van der Waals surface area contributed by atoms with Crippen LogP contribution in [0.25, 0.3) is 0 Å². The van der Waals surface area contributed by atoms with E-state index in [4.69, 9.17) is 4.74 Å². The highest BCUT2D eigenvalue weighted by Gasteiger charge is 2.60. The molecule has 1 aliphatic carbocycles. The lowest BCUT2D eigenvalue weighted by molar-refractivity contribution is -0.196. The molecule has 0 aromatic heterocycles. The van der Waals surface area contributed by atoms with Crippen LogP contribution >= 0.6 is 0 Å². The molecule has 3 atom stereocenters. The largest absolute Gasteiger partial charge is 0.471 e. The molecule has 10 heteroatoms. The topological polar surface area (TPSA) is 82.1 Å². The van der Waals surface area contributed by atoms with E-state index in [-0.39, 0.29) is 19.7 Å². The Morgan fingerprint density at radius 1 is 1.25 bits per heavy atom. The van der Waals surface area contributed by atoms with Crippen LogP contribution in [-0.4, -0.2) is 70.0 Å². The molecule has 1 saturated carbocycles. The first-order chi connectivity index (χ1) is 15.1. The third-order valence-corrected chi connectivity index (χ3v) is 6.35. The number of hydrogen-bond acceptors (Lipinski definition) is 5. The molecule has 1 aromatic rings. The number of amides is 2. The van der Waals surface area contributed by atoms with Gasteiger partial charge in [0, 0.05) is 19.1 Å². The van der Waals surface area contributed by atoms with Gasteiger partial charge in [-0.2, -0.15) is 13.2 Å². The lowest BCUT2D eigenvalue weighted by atomic mass is 9.99. The van der Waals surface area contributed by atoms with Crippen molar-refractivity contribution in [3.8, 4) is 0 Å². The van der Waals surface area contributed by atoms with Crippen molar-refractivity contribution in [3.63, 3.8) is 0 Å². The number of nitrogens with zero attached hydrogens (tertiary/aromatic N) is 2.